The zero-order valence-electron chi connectivity index (χ0n) is 18.9. The van der Waals surface area contributed by atoms with Gasteiger partial charge >= 0.3 is 11.9 Å². The van der Waals surface area contributed by atoms with Crippen molar-refractivity contribution in [3.63, 3.8) is 0 Å². The summed E-state index contributed by atoms with van der Waals surface area (Å²) in [7, 11) is 0. The van der Waals surface area contributed by atoms with Gasteiger partial charge in [-0.05, 0) is 31.6 Å². The van der Waals surface area contributed by atoms with Crippen LogP contribution in [-0.4, -0.2) is 66.0 Å². The Morgan fingerprint density at radius 3 is 2.00 bits per heavy atom. The highest BCUT2D eigenvalue weighted by Crippen LogP contribution is 2.08. The molecule has 0 fully saturated rings. The maximum absolute atomic E-state index is 12.8. The molecule has 0 aromatic carbocycles. The van der Waals surface area contributed by atoms with Crippen LogP contribution in [-0.2, 0) is 28.7 Å². The van der Waals surface area contributed by atoms with E-state index >= 15 is 0 Å². The summed E-state index contributed by atoms with van der Waals surface area (Å²) >= 11 is 0. The molecule has 0 aliphatic heterocycles. The Hall–Kier alpha value is -2.69. The van der Waals surface area contributed by atoms with Crippen LogP contribution in [0.15, 0.2) is 0 Å². The van der Waals surface area contributed by atoms with Crippen molar-refractivity contribution in [1.29, 1.82) is 0 Å². The van der Waals surface area contributed by atoms with E-state index in [0.29, 0.717) is 6.42 Å². The third-order valence-electron chi connectivity index (χ3n) is 4.35. The number of esters is 1. The fourth-order valence-electron chi connectivity index (χ4n) is 2.58. The van der Waals surface area contributed by atoms with Crippen LogP contribution >= 0.6 is 0 Å². The molecule has 11 nitrogen and oxygen atoms in total. The van der Waals surface area contributed by atoms with Crippen LogP contribution in [0.3, 0.4) is 0 Å². The number of rotatable bonds is 14. The molecule has 0 bridgehead atoms. The van der Waals surface area contributed by atoms with E-state index in [1.54, 1.807) is 20.8 Å². The summed E-state index contributed by atoms with van der Waals surface area (Å²) in [6.07, 6.45) is -0.278. The van der Waals surface area contributed by atoms with Crippen LogP contribution in [0.5, 0.6) is 0 Å². The second-order valence-electron chi connectivity index (χ2n) is 7.98. The number of carbonyl (C=O) groups excluding carboxylic acids is 4. The van der Waals surface area contributed by atoms with Crippen LogP contribution in [0.1, 0.15) is 53.9 Å². The molecule has 0 unspecified atom stereocenters. The van der Waals surface area contributed by atoms with Gasteiger partial charge in [0, 0.05) is 6.42 Å². The number of nitrogens with two attached hydrogens (primary N) is 1. The number of nitrogens with one attached hydrogen (secondary N) is 3. The number of carboxylic acid groups (broad SMARTS) is 1. The lowest BCUT2D eigenvalue weighted by atomic mass is 10.00. The molecule has 3 atom stereocenters. The monoisotopic (exact) mass is 444 g/mol. The normalized spacial score (nSPS) is 13.8. The molecule has 3 amide bonds. The van der Waals surface area contributed by atoms with E-state index in [-0.39, 0.29) is 31.3 Å². The van der Waals surface area contributed by atoms with Gasteiger partial charge in [0.1, 0.15) is 18.6 Å². The molecule has 0 aromatic rings. The number of carboxylic acids is 1. The van der Waals surface area contributed by atoms with Crippen LogP contribution in [0.2, 0.25) is 0 Å². The second kappa shape index (κ2) is 14.3. The smallest absolute Gasteiger partial charge is 0.325 e. The summed E-state index contributed by atoms with van der Waals surface area (Å²) < 4.78 is 4.72. The first-order valence-electron chi connectivity index (χ1n) is 10.4. The number of amides is 3. The second-order valence-corrected chi connectivity index (χ2v) is 7.98. The number of carbonyl (C=O) groups is 5. The highest BCUT2D eigenvalue weighted by molar-refractivity contribution is 5.94. The summed E-state index contributed by atoms with van der Waals surface area (Å²) in [5.41, 5.74) is 5.85. The molecule has 0 saturated carbocycles. The number of ether oxygens (including phenoxy) is 1. The van der Waals surface area contributed by atoms with Crippen molar-refractivity contribution in [2.75, 3.05) is 13.2 Å². The van der Waals surface area contributed by atoms with Crippen LogP contribution in [0, 0.1) is 11.8 Å². The zero-order valence-corrected chi connectivity index (χ0v) is 18.9. The van der Waals surface area contributed by atoms with Crippen molar-refractivity contribution in [2.24, 2.45) is 17.6 Å². The van der Waals surface area contributed by atoms with Gasteiger partial charge < -0.3 is 31.5 Å². The van der Waals surface area contributed by atoms with Gasteiger partial charge in [-0.3, -0.25) is 24.0 Å². The molecule has 0 spiro atoms. The van der Waals surface area contributed by atoms with Crippen LogP contribution in [0.4, 0.5) is 0 Å². The summed E-state index contributed by atoms with van der Waals surface area (Å²) in [4.78, 5) is 60.0. The Morgan fingerprint density at radius 1 is 0.935 bits per heavy atom. The lowest BCUT2D eigenvalue weighted by molar-refractivity contribution is -0.144. The van der Waals surface area contributed by atoms with Crippen molar-refractivity contribution >= 4 is 29.7 Å². The average Bonchev–Trinajstić information content (AvgIpc) is 2.67. The predicted octanol–water partition coefficient (Wildman–Crippen LogP) is -0.470. The Bertz CT molecular complexity index is 637. The van der Waals surface area contributed by atoms with Crippen molar-refractivity contribution in [2.45, 2.75) is 72.0 Å². The van der Waals surface area contributed by atoms with Gasteiger partial charge in [-0.25, -0.2) is 0 Å². The molecule has 0 aliphatic rings. The molecule has 0 saturated heterocycles. The first kappa shape index (κ1) is 28.3. The van der Waals surface area contributed by atoms with Gasteiger partial charge in [0.25, 0.3) is 0 Å². The number of hydrogen-bond donors (Lipinski definition) is 5. The van der Waals surface area contributed by atoms with Gasteiger partial charge in [-0.15, -0.1) is 0 Å². The van der Waals surface area contributed by atoms with Gasteiger partial charge in [-0.1, -0.05) is 27.7 Å². The standard InChI is InChI=1S/C20H36N4O7/c1-6-31-16(27)10-22-18(28)13(7-8-15(25)26)23-19(29)14(9-11(2)3)24-20(30)17(21)12(4)5/h11-14,17H,6-10,21H2,1-5H3,(H,22,28)(H,23,29)(H,24,30)(H,25,26)/t13-,14-,17-/m0/s1. The Morgan fingerprint density at radius 2 is 1.52 bits per heavy atom. The fraction of sp³-hybridized carbons (Fsp3) is 0.750. The van der Waals surface area contributed by atoms with E-state index in [1.807, 2.05) is 13.8 Å². The minimum Gasteiger partial charge on any atom is -0.481 e. The molecule has 178 valence electrons. The molecular weight excluding hydrogens is 408 g/mol. The third kappa shape index (κ3) is 11.9. The van der Waals surface area contributed by atoms with Crippen LogP contribution in [0.25, 0.3) is 0 Å². The first-order valence-corrected chi connectivity index (χ1v) is 10.4. The van der Waals surface area contributed by atoms with E-state index in [4.69, 9.17) is 15.6 Å². The van der Waals surface area contributed by atoms with Crippen molar-refractivity contribution < 1.29 is 33.8 Å². The Balaban J connectivity index is 5.31. The highest BCUT2D eigenvalue weighted by Gasteiger charge is 2.29. The largest absolute Gasteiger partial charge is 0.481 e. The molecule has 6 N–H and O–H groups in total. The molecule has 0 rings (SSSR count). The first-order chi connectivity index (χ1) is 14.4. The van der Waals surface area contributed by atoms with Gasteiger partial charge in [0.15, 0.2) is 0 Å². The maximum Gasteiger partial charge on any atom is 0.325 e. The molecule has 0 radical (unpaired) electrons. The SMILES string of the molecule is CCOC(=O)CNC(=O)[C@H](CCC(=O)O)NC(=O)[C@H](CC(C)C)NC(=O)[C@@H](N)C(C)C. The predicted molar refractivity (Wildman–Crippen MR) is 113 cm³/mol. The summed E-state index contributed by atoms with van der Waals surface area (Å²) in [5, 5.41) is 16.4. The van der Waals surface area contributed by atoms with E-state index in [2.05, 4.69) is 16.0 Å². The number of hydrogen-bond acceptors (Lipinski definition) is 7. The molecule has 0 aromatic heterocycles. The van der Waals surface area contributed by atoms with Crippen molar-refractivity contribution in [1.82, 2.24) is 16.0 Å². The minimum atomic E-state index is -1.21. The van der Waals surface area contributed by atoms with Crippen molar-refractivity contribution in [3.8, 4) is 0 Å². The lowest BCUT2D eigenvalue weighted by Crippen LogP contribution is -2.57. The molecule has 0 heterocycles. The molecule has 31 heavy (non-hydrogen) atoms. The minimum absolute atomic E-state index is 0.0430. The molecule has 11 heteroatoms. The quantitative estimate of drug-likeness (QED) is 0.223. The van der Waals surface area contributed by atoms with Crippen molar-refractivity contribution in [3.05, 3.63) is 0 Å². The number of aliphatic carboxylic acids is 1. The molecule has 0 aliphatic carbocycles. The fourth-order valence-corrected chi connectivity index (χ4v) is 2.58. The lowest BCUT2D eigenvalue weighted by Gasteiger charge is -2.25. The Kier molecular flexibility index (Phi) is 13.1. The van der Waals surface area contributed by atoms with Gasteiger partial charge in [-0.2, -0.15) is 0 Å². The zero-order chi connectivity index (χ0) is 24.1. The highest BCUT2D eigenvalue weighted by atomic mass is 16.5. The third-order valence-corrected chi connectivity index (χ3v) is 4.35. The Labute approximate surface area is 182 Å². The molecular formula is C20H36N4O7. The van der Waals surface area contributed by atoms with Gasteiger partial charge in [0.05, 0.1) is 12.6 Å². The van der Waals surface area contributed by atoms with E-state index in [0.717, 1.165) is 0 Å². The maximum atomic E-state index is 12.8. The topological polar surface area (TPSA) is 177 Å². The summed E-state index contributed by atoms with van der Waals surface area (Å²) in [6.45, 7) is 8.62. The van der Waals surface area contributed by atoms with Gasteiger partial charge in [0.2, 0.25) is 17.7 Å². The van der Waals surface area contributed by atoms with Crippen LogP contribution < -0.4 is 21.7 Å². The van der Waals surface area contributed by atoms with E-state index < -0.39 is 54.3 Å². The summed E-state index contributed by atoms with van der Waals surface area (Å²) in [6, 6.07) is -2.97. The average molecular weight is 445 g/mol. The summed E-state index contributed by atoms with van der Waals surface area (Å²) in [5.74, 6) is -3.76. The van der Waals surface area contributed by atoms with E-state index in [1.165, 1.54) is 0 Å². The van der Waals surface area contributed by atoms with E-state index in [9.17, 15) is 24.0 Å².